The van der Waals surface area contributed by atoms with E-state index in [0.717, 1.165) is 6.08 Å². The second-order valence-electron chi connectivity index (χ2n) is 3.26. The maximum absolute atomic E-state index is 9.25. The molecule has 0 aromatic heterocycles. The third kappa shape index (κ3) is 22.2. The van der Waals surface area contributed by atoms with Crippen LogP contribution in [0.1, 0.15) is 0 Å². The molecule has 0 aromatic carbocycles. The smallest absolute Gasteiger partial charge is 0.327 e. The van der Waals surface area contributed by atoms with E-state index >= 15 is 0 Å². The van der Waals surface area contributed by atoms with Gasteiger partial charge in [0.2, 0.25) is 0 Å². The summed E-state index contributed by atoms with van der Waals surface area (Å²) in [5.74, 6) is -0.981. The van der Waals surface area contributed by atoms with Crippen LogP contribution in [0.25, 0.3) is 0 Å². The van der Waals surface area contributed by atoms with Gasteiger partial charge in [-0.25, -0.2) is 4.79 Å². The summed E-state index contributed by atoms with van der Waals surface area (Å²) in [5, 5.41) is 24.9. The van der Waals surface area contributed by atoms with Crippen LogP contribution < -0.4 is 0 Å². The lowest BCUT2D eigenvalue weighted by Gasteiger charge is -2.09. The molecular weight excluding hydrogens is 272 g/mol. The summed E-state index contributed by atoms with van der Waals surface area (Å²) in [6.07, 6.45) is -0.0436. The molecule has 0 fully saturated rings. The van der Waals surface area contributed by atoms with Gasteiger partial charge in [0, 0.05) is 13.2 Å². The van der Waals surface area contributed by atoms with E-state index in [2.05, 4.69) is 11.3 Å². The Bertz CT molecular complexity index is 222. The fourth-order valence-electron chi connectivity index (χ4n) is 0.757. The molecule has 3 N–H and O–H groups in total. The van der Waals surface area contributed by atoms with Crippen LogP contribution >= 0.6 is 0 Å². The van der Waals surface area contributed by atoms with E-state index in [0.29, 0.717) is 33.0 Å². The highest BCUT2D eigenvalue weighted by Crippen LogP contribution is 1.86. The fourth-order valence-corrected chi connectivity index (χ4v) is 0.757. The van der Waals surface area contributed by atoms with Crippen LogP contribution in [0, 0.1) is 0 Å². The predicted octanol–water partition coefficient (Wildman–Crippen LogP) is -0.750. The number of ether oxygens (including phenoxy) is 4. The van der Waals surface area contributed by atoms with E-state index in [-0.39, 0.29) is 13.2 Å². The van der Waals surface area contributed by atoms with Crippen LogP contribution in [0.4, 0.5) is 0 Å². The summed E-state index contributed by atoms with van der Waals surface area (Å²) in [4.78, 5) is 9.25. The van der Waals surface area contributed by atoms with Crippen molar-refractivity contribution >= 4 is 5.97 Å². The number of hydrogen-bond donors (Lipinski definition) is 3. The number of rotatable bonds is 12. The summed E-state index contributed by atoms with van der Waals surface area (Å²) < 4.78 is 19.7. The Hall–Kier alpha value is -1.03. The molecule has 0 bridgehead atoms. The number of carboxylic acid groups (broad SMARTS) is 1. The Labute approximate surface area is 118 Å². The first-order valence-corrected chi connectivity index (χ1v) is 5.98. The molecule has 0 rings (SSSR count). The monoisotopic (exact) mass is 296 g/mol. The van der Waals surface area contributed by atoms with E-state index in [4.69, 9.17) is 29.5 Å². The first kappa shape index (κ1) is 21.3. The maximum Gasteiger partial charge on any atom is 0.327 e. The number of carboxylic acids is 1. The number of hydrogen-bond acceptors (Lipinski definition) is 7. The quantitative estimate of drug-likeness (QED) is 0.245. The van der Waals surface area contributed by atoms with Gasteiger partial charge in [0.1, 0.15) is 0 Å². The second kappa shape index (κ2) is 18.0. The van der Waals surface area contributed by atoms with Crippen LogP contribution in [0.3, 0.4) is 0 Å². The van der Waals surface area contributed by atoms with Gasteiger partial charge < -0.3 is 34.3 Å². The molecule has 0 radical (unpaired) electrons. The third-order valence-electron chi connectivity index (χ3n) is 1.69. The predicted molar refractivity (Wildman–Crippen MR) is 70.4 cm³/mol. The molecule has 0 spiro atoms. The standard InChI is InChI=1S/C9H20O6.C3H4O2/c1-12-9(11)8-15-7-6-14-5-4-13-3-2-10;1-2-3(4)5/h9-11H,2-8H2,1H3;2H,1H2,(H,4,5). The van der Waals surface area contributed by atoms with Gasteiger partial charge in [-0.3, -0.25) is 0 Å². The van der Waals surface area contributed by atoms with Crippen molar-refractivity contribution in [3.8, 4) is 0 Å². The molecule has 1 atom stereocenters. The Morgan fingerprint density at radius 1 is 1.15 bits per heavy atom. The molecule has 0 aliphatic rings. The highest BCUT2D eigenvalue weighted by molar-refractivity contribution is 5.78. The molecular formula is C12H24O8. The minimum absolute atomic E-state index is 0.0258. The minimum Gasteiger partial charge on any atom is -0.478 e. The third-order valence-corrected chi connectivity index (χ3v) is 1.69. The molecule has 0 aliphatic carbocycles. The van der Waals surface area contributed by atoms with Crippen molar-refractivity contribution in [1.29, 1.82) is 0 Å². The minimum atomic E-state index is -0.981. The summed E-state index contributed by atoms with van der Waals surface area (Å²) in [6.45, 7) is 5.23. The Morgan fingerprint density at radius 2 is 1.60 bits per heavy atom. The van der Waals surface area contributed by atoms with E-state index in [9.17, 15) is 4.79 Å². The Morgan fingerprint density at radius 3 is 2.00 bits per heavy atom. The highest BCUT2D eigenvalue weighted by Gasteiger charge is 1.99. The van der Waals surface area contributed by atoms with Gasteiger partial charge in [0.15, 0.2) is 6.29 Å². The molecule has 120 valence electrons. The first-order chi connectivity index (χ1) is 9.58. The van der Waals surface area contributed by atoms with Gasteiger partial charge in [-0.1, -0.05) is 6.58 Å². The molecule has 1 unspecified atom stereocenters. The van der Waals surface area contributed by atoms with Gasteiger partial charge in [-0.05, 0) is 0 Å². The van der Waals surface area contributed by atoms with Crippen LogP contribution in [-0.4, -0.2) is 80.9 Å². The molecule has 0 aromatic rings. The molecule has 0 heterocycles. The lowest BCUT2D eigenvalue weighted by Crippen LogP contribution is -2.19. The highest BCUT2D eigenvalue weighted by atomic mass is 16.6. The molecule has 0 saturated carbocycles. The van der Waals surface area contributed by atoms with Gasteiger partial charge >= 0.3 is 5.97 Å². The average Bonchev–Trinajstić information content (AvgIpc) is 2.45. The zero-order chi connectivity index (χ0) is 15.6. The molecule has 0 saturated heterocycles. The molecule has 20 heavy (non-hydrogen) atoms. The largest absolute Gasteiger partial charge is 0.478 e. The van der Waals surface area contributed by atoms with Gasteiger partial charge in [-0.2, -0.15) is 0 Å². The average molecular weight is 296 g/mol. The van der Waals surface area contributed by atoms with Crippen molar-refractivity contribution in [2.24, 2.45) is 0 Å². The topological polar surface area (TPSA) is 115 Å². The Balaban J connectivity index is 0. The van der Waals surface area contributed by atoms with Crippen LogP contribution in [0.5, 0.6) is 0 Å². The lowest BCUT2D eigenvalue weighted by molar-refractivity contribution is -0.131. The summed E-state index contributed by atoms with van der Waals surface area (Å²) in [5.41, 5.74) is 0. The number of aliphatic hydroxyl groups excluding tert-OH is 2. The van der Waals surface area contributed by atoms with Crippen molar-refractivity contribution < 1.29 is 39.1 Å². The van der Waals surface area contributed by atoms with Crippen molar-refractivity contribution in [1.82, 2.24) is 0 Å². The molecule has 8 nitrogen and oxygen atoms in total. The number of aliphatic hydroxyl groups is 2. The maximum atomic E-state index is 9.25. The molecule has 0 aliphatic heterocycles. The SMILES string of the molecule is C=CC(=O)O.COC(O)COCCOCCOCCO. The van der Waals surface area contributed by atoms with Crippen molar-refractivity contribution in [3.63, 3.8) is 0 Å². The van der Waals surface area contributed by atoms with Crippen molar-refractivity contribution in [2.45, 2.75) is 6.29 Å². The fraction of sp³-hybridized carbons (Fsp3) is 0.750. The lowest BCUT2D eigenvalue weighted by atomic mass is 10.6. The molecule has 0 amide bonds. The zero-order valence-corrected chi connectivity index (χ0v) is 11.7. The van der Waals surface area contributed by atoms with E-state index in [1.165, 1.54) is 7.11 Å². The zero-order valence-electron chi connectivity index (χ0n) is 11.7. The van der Waals surface area contributed by atoms with Crippen LogP contribution in [-0.2, 0) is 23.7 Å². The number of carbonyl (C=O) groups is 1. The van der Waals surface area contributed by atoms with E-state index in [1.807, 2.05) is 0 Å². The van der Waals surface area contributed by atoms with Crippen molar-refractivity contribution in [2.75, 3.05) is 53.4 Å². The molecule has 8 heteroatoms. The van der Waals surface area contributed by atoms with Gasteiger partial charge in [0.05, 0.1) is 46.2 Å². The summed E-state index contributed by atoms with van der Waals surface area (Å²) in [6, 6.07) is 0. The summed E-state index contributed by atoms with van der Waals surface area (Å²) >= 11 is 0. The second-order valence-corrected chi connectivity index (χ2v) is 3.26. The van der Waals surface area contributed by atoms with Gasteiger partial charge in [0.25, 0.3) is 0 Å². The first-order valence-electron chi connectivity index (χ1n) is 5.98. The van der Waals surface area contributed by atoms with Crippen LogP contribution in [0.2, 0.25) is 0 Å². The van der Waals surface area contributed by atoms with E-state index in [1.54, 1.807) is 0 Å². The van der Waals surface area contributed by atoms with Crippen LogP contribution in [0.15, 0.2) is 12.7 Å². The number of aliphatic carboxylic acids is 1. The summed E-state index contributed by atoms with van der Waals surface area (Å²) in [7, 11) is 1.41. The van der Waals surface area contributed by atoms with Gasteiger partial charge in [-0.15, -0.1) is 0 Å². The van der Waals surface area contributed by atoms with E-state index < -0.39 is 12.3 Å². The van der Waals surface area contributed by atoms with Crippen molar-refractivity contribution in [3.05, 3.63) is 12.7 Å². The number of methoxy groups -OCH3 is 1. The normalized spacial score (nSPS) is 11.3. The Kier molecular flexibility index (Phi) is 19.1.